The minimum atomic E-state index is -3.80. The molecule has 0 bridgehead atoms. The SMILES string of the molecule is CNC(=O)c1c(-c2ccc(F)cc2)oc2cc(N(C)S(C)(=O)=O)c(-c3cc(-c4cc5c(C#N)cccc5[nH]4)c(=O)n(C)n3)cc12. The molecule has 0 atom stereocenters. The van der Waals surface area contributed by atoms with E-state index >= 15 is 0 Å². The van der Waals surface area contributed by atoms with Gasteiger partial charge < -0.3 is 14.7 Å². The number of aromatic amines is 1. The van der Waals surface area contributed by atoms with Crippen LogP contribution < -0.4 is 15.2 Å². The van der Waals surface area contributed by atoms with Gasteiger partial charge in [-0.3, -0.25) is 13.9 Å². The molecule has 0 spiro atoms. The summed E-state index contributed by atoms with van der Waals surface area (Å²) in [5.74, 6) is -0.787. The van der Waals surface area contributed by atoms with Crippen molar-refractivity contribution in [1.29, 1.82) is 5.26 Å². The number of nitriles is 1. The van der Waals surface area contributed by atoms with Gasteiger partial charge in [0.15, 0.2) is 0 Å². The predicted molar refractivity (Wildman–Crippen MR) is 169 cm³/mol. The van der Waals surface area contributed by atoms with Gasteiger partial charge in [0.05, 0.1) is 46.1 Å². The molecule has 2 N–H and O–H groups in total. The van der Waals surface area contributed by atoms with Gasteiger partial charge in [-0.2, -0.15) is 10.4 Å². The lowest BCUT2D eigenvalue weighted by Gasteiger charge is -2.20. The van der Waals surface area contributed by atoms with Crippen molar-refractivity contribution in [2.75, 3.05) is 24.7 Å². The molecule has 0 saturated carbocycles. The van der Waals surface area contributed by atoms with E-state index in [0.717, 1.165) is 15.2 Å². The molecule has 0 unspecified atom stereocenters. The van der Waals surface area contributed by atoms with E-state index in [0.29, 0.717) is 33.1 Å². The maximum Gasteiger partial charge on any atom is 0.275 e. The van der Waals surface area contributed by atoms with E-state index in [1.807, 2.05) is 0 Å². The summed E-state index contributed by atoms with van der Waals surface area (Å²) in [7, 11) is 0.494. The van der Waals surface area contributed by atoms with E-state index in [1.54, 1.807) is 30.3 Å². The maximum absolute atomic E-state index is 13.7. The molecule has 3 aromatic heterocycles. The average molecular weight is 625 g/mol. The highest BCUT2D eigenvalue weighted by atomic mass is 32.2. The van der Waals surface area contributed by atoms with Crippen molar-refractivity contribution in [3.05, 3.63) is 94.0 Å². The molecule has 6 aromatic rings. The first kappa shape index (κ1) is 29.3. The molecule has 3 heterocycles. The van der Waals surface area contributed by atoms with E-state index in [1.165, 1.54) is 57.5 Å². The predicted octanol–water partition coefficient (Wildman–Crippen LogP) is 4.77. The third kappa shape index (κ3) is 5.00. The number of amides is 1. The summed E-state index contributed by atoms with van der Waals surface area (Å²) in [5, 5.41) is 17.6. The van der Waals surface area contributed by atoms with Crippen LogP contribution in [0.25, 0.3) is 55.7 Å². The molecule has 13 heteroatoms. The normalized spacial score (nSPS) is 11.6. The molecule has 45 heavy (non-hydrogen) atoms. The lowest BCUT2D eigenvalue weighted by Crippen LogP contribution is -2.26. The third-order valence-electron chi connectivity index (χ3n) is 7.62. The van der Waals surface area contributed by atoms with Crippen LogP contribution >= 0.6 is 0 Å². The number of fused-ring (bicyclic) bond motifs is 2. The molecule has 0 saturated heterocycles. The Morgan fingerprint density at radius 2 is 1.82 bits per heavy atom. The Balaban J connectivity index is 1.66. The minimum Gasteiger partial charge on any atom is -0.455 e. The second-order valence-electron chi connectivity index (χ2n) is 10.4. The van der Waals surface area contributed by atoms with Gasteiger partial charge in [-0.1, -0.05) is 6.07 Å². The zero-order chi connectivity index (χ0) is 32.2. The smallest absolute Gasteiger partial charge is 0.275 e. The van der Waals surface area contributed by atoms with Gasteiger partial charge >= 0.3 is 0 Å². The molecule has 0 fully saturated rings. The largest absolute Gasteiger partial charge is 0.455 e. The molecule has 11 nitrogen and oxygen atoms in total. The quantitative estimate of drug-likeness (QED) is 0.270. The maximum atomic E-state index is 13.7. The van der Waals surface area contributed by atoms with E-state index in [-0.39, 0.29) is 39.4 Å². The molecule has 6 rings (SSSR count). The number of hydrogen-bond acceptors (Lipinski definition) is 7. The van der Waals surface area contributed by atoms with Gasteiger partial charge in [-0.15, -0.1) is 0 Å². The Labute approximate surface area is 256 Å². The number of carbonyl (C=O) groups is 1. The standard InChI is InChI=1S/C32H25FN6O5S/c1-35-31(40)29-23-12-21(27(39(3)45(4,42)43)15-28(23)44-30(29)17-8-10-19(33)11-9-17)26-14-22(32(41)38(2)37-26)25-13-20-18(16-34)6-5-7-24(20)36-25/h5-15,36H,1-4H3,(H,35,40). The molecule has 3 aromatic carbocycles. The van der Waals surface area contributed by atoms with E-state index in [2.05, 4.69) is 21.5 Å². The van der Waals surface area contributed by atoms with Crippen molar-refractivity contribution in [3.8, 4) is 39.9 Å². The van der Waals surface area contributed by atoms with Crippen LogP contribution in [0.1, 0.15) is 15.9 Å². The Morgan fingerprint density at radius 3 is 2.49 bits per heavy atom. The number of aryl methyl sites for hydroxylation is 1. The van der Waals surface area contributed by atoms with Crippen LogP contribution in [0, 0.1) is 17.1 Å². The van der Waals surface area contributed by atoms with Gasteiger partial charge in [0.25, 0.3) is 11.5 Å². The summed E-state index contributed by atoms with van der Waals surface area (Å²) < 4.78 is 47.6. The first-order valence-electron chi connectivity index (χ1n) is 13.5. The average Bonchev–Trinajstić information content (AvgIpc) is 3.62. The second kappa shape index (κ2) is 10.8. The molecular formula is C32H25FN6O5S. The van der Waals surface area contributed by atoms with Crippen molar-refractivity contribution in [3.63, 3.8) is 0 Å². The fourth-order valence-electron chi connectivity index (χ4n) is 5.26. The number of anilines is 1. The number of nitrogens with one attached hydrogen (secondary N) is 2. The third-order valence-corrected chi connectivity index (χ3v) is 8.81. The number of carbonyl (C=O) groups excluding carboxylic acids is 1. The fourth-order valence-corrected chi connectivity index (χ4v) is 5.77. The topological polar surface area (TPSA) is 154 Å². The monoisotopic (exact) mass is 624 g/mol. The first-order valence-corrected chi connectivity index (χ1v) is 15.4. The Kier molecular flexibility index (Phi) is 7.01. The number of rotatable bonds is 6. The van der Waals surface area contributed by atoms with Crippen LogP contribution in [-0.2, 0) is 17.1 Å². The van der Waals surface area contributed by atoms with Gasteiger partial charge in [-0.05, 0) is 54.6 Å². The summed E-state index contributed by atoms with van der Waals surface area (Å²) in [6.45, 7) is 0. The van der Waals surface area contributed by atoms with Gasteiger partial charge in [0, 0.05) is 54.6 Å². The summed E-state index contributed by atoms with van der Waals surface area (Å²) in [6, 6.07) is 19.1. The number of aromatic nitrogens is 3. The van der Waals surface area contributed by atoms with Gasteiger partial charge in [-0.25, -0.2) is 17.5 Å². The Hall–Kier alpha value is -5.74. The van der Waals surface area contributed by atoms with Crippen LogP contribution in [0.4, 0.5) is 10.1 Å². The van der Waals surface area contributed by atoms with Crippen molar-refractivity contribution < 1.29 is 22.0 Å². The second-order valence-corrected chi connectivity index (χ2v) is 12.4. The molecule has 226 valence electrons. The molecule has 1 amide bonds. The number of hydrogen-bond donors (Lipinski definition) is 2. The number of H-pyrrole nitrogens is 1. The number of halogens is 1. The lowest BCUT2D eigenvalue weighted by atomic mass is 10.00. The van der Waals surface area contributed by atoms with Gasteiger partial charge in [0.2, 0.25) is 10.0 Å². The molecule has 0 aliphatic rings. The van der Waals surface area contributed by atoms with Crippen LogP contribution in [0.15, 0.2) is 75.9 Å². The minimum absolute atomic E-state index is 0.151. The number of furan rings is 1. The molecular weight excluding hydrogens is 599 g/mol. The fraction of sp³-hybridized carbons (Fsp3) is 0.125. The highest BCUT2D eigenvalue weighted by molar-refractivity contribution is 7.92. The highest BCUT2D eigenvalue weighted by Gasteiger charge is 2.27. The summed E-state index contributed by atoms with van der Waals surface area (Å²) >= 11 is 0. The Bertz CT molecular complexity index is 2380. The lowest BCUT2D eigenvalue weighted by molar-refractivity contribution is 0.0964. The van der Waals surface area contributed by atoms with Crippen molar-refractivity contribution in [1.82, 2.24) is 20.1 Å². The molecule has 0 aliphatic heterocycles. The van der Waals surface area contributed by atoms with Crippen molar-refractivity contribution >= 4 is 43.5 Å². The molecule has 0 aliphatic carbocycles. The van der Waals surface area contributed by atoms with Crippen LogP contribution in [0.3, 0.4) is 0 Å². The van der Waals surface area contributed by atoms with E-state index < -0.39 is 27.3 Å². The Morgan fingerprint density at radius 1 is 1.09 bits per heavy atom. The first-order chi connectivity index (χ1) is 21.4. The van der Waals surface area contributed by atoms with Crippen LogP contribution in [0.5, 0.6) is 0 Å². The van der Waals surface area contributed by atoms with E-state index in [4.69, 9.17) is 4.42 Å². The van der Waals surface area contributed by atoms with Gasteiger partial charge in [0.1, 0.15) is 17.2 Å². The zero-order valence-corrected chi connectivity index (χ0v) is 25.3. The number of nitrogens with zero attached hydrogens (tertiary/aromatic N) is 4. The van der Waals surface area contributed by atoms with E-state index in [9.17, 15) is 27.7 Å². The summed E-state index contributed by atoms with van der Waals surface area (Å²) in [4.78, 5) is 29.8. The summed E-state index contributed by atoms with van der Waals surface area (Å²) in [6.07, 6.45) is 1.04. The van der Waals surface area contributed by atoms with Crippen LogP contribution in [-0.4, -0.2) is 49.4 Å². The van der Waals surface area contributed by atoms with Crippen molar-refractivity contribution in [2.45, 2.75) is 0 Å². The van der Waals surface area contributed by atoms with Crippen LogP contribution in [0.2, 0.25) is 0 Å². The number of sulfonamides is 1. The molecule has 0 radical (unpaired) electrons. The number of benzene rings is 3. The summed E-state index contributed by atoms with van der Waals surface area (Å²) in [5.41, 5.74) is 2.79. The van der Waals surface area contributed by atoms with Crippen molar-refractivity contribution in [2.24, 2.45) is 7.05 Å². The zero-order valence-electron chi connectivity index (χ0n) is 24.5. The highest BCUT2D eigenvalue weighted by Crippen LogP contribution is 2.41.